The highest BCUT2D eigenvalue weighted by molar-refractivity contribution is 14.0. The first-order valence-electron chi connectivity index (χ1n) is 8.65. The average molecular weight is 495 g/mol. The Morgan fingerprint density at radius 1 is 1.42 bits per heavy atom. The lowest BCUT2D eigenvalue weighted by Crippen LogP contribution is -2.42. The van der Waals surface area contributed by atoms with Crippen molar-refractivity contribution in [3.63, 3.8) is 0 Å². The van der Waals surface area contributed by atoms with Crippen LogP contribution in [0.1, 0.15) is 19.8 Å². The second-order valence-electron chi connectivity index (χ2n) is 6.26. The van der Waals surface area contributed by atoms with E-state index in [1.54, 1.807) is 19.0 Å². The highest BCUT2D eigenvalue weighted by atomic mass is 127. The molecule has 0 aromatic heterocycles. The molecule has 0 radical (unpaired) electrons. The normalized spacial score (nSPS) is 16.8. The molecule has 2 rings (SSSR count). The lowest BCUT2D eigenvalue weighted by atomic mass is 10.3. The van der Waals surface area contributed by atoms with Gasteiger partial charge in [0.25, 0.3) is 0 Å². The Balaban J connectivity index is 0.00000338. The first-order valence-corrected chi connectivity index (χ1v) is 9.03. The zero-order chi connectivity index (χ0) is 18.2. The van der Waals surface area contributed by atoms with Crippen molar-refractivity contribution in [2.75, 3.05) is 40.3 Å². The lowest BCUT2D eigenvalue weighted by Gasteiger charge is -2.22. The Hall–Kier alpha value is -1.22. The molecular weight excluding hydrogens is 467 g/mol. The third-order valence-corrected chi connectivity index (χ3v) is 4.28. The largest absolute Gasteiger partial charge is 0.487 e. The van der Waals surface area contributed by atoms with Crippen LogP contribution < -0.4 is 10.1 Å². The molecule has 0 aliphatic carbocycles. The molecule has 1 aliphatic heterocycles. The fourth-order valence-electron chi connectivity index (χ4n) is 2.53. The van der Waals surface area contributed by atoms with Crippen LogP contribution in [0.3, 0.4) is 0 Å². The number of benzene rings is 1. The summed E-state index contributed by atoms with van der Waals surface area (Å²) in [6, 6.07) is 7.51. The van der Waals surface area contributed by atoms with E-state index in [9.17, 15) is 4.79 Å². The standard InChI is InChI=1S/C18H27ClN4O2.HI/c1-4-10-20-18(21-12-17(24)22(2)3)23-11-9-14(13-23)25-16-8-6-5-7-15(16)19;/h5-8,14H,4,9-13H2,1-3H3,(H,20,21);1H. The van der Waals surface area contributed by atoms with E-state index in [1.807, 2.05) is 24.3 Å². The molecule has 1 aliphatic rings. The molecule has 1 N–H and O–H groups in total. The van der Waals surface area contributed by atoms with Crippen LogP contribution in [0, 0.1) is 0 Å². The van der Waals surface area contributed by atoms with Crippen LogP contribution >= 0.6 is 35.6 Å². The fourth-order valence-corrected chi connectivity index (χ4v) is 2.71. The van der Waals surface area contributed by atoms with Crippen LogP contribution in [0.4, 0.5) is 0 Å². The number of likely N-dealkylation sites (N-methyl/N-ethyl adjacent to an activating group) is 1. The molecule has 6 nitrogen and oxygen atoms in total. The van der Waals surface area contributed by atoms with Gasteiger partial charge in [-0.1, -0.05) is 30.7 Å². The Morgan fingerprint density at radius 3 is 2.81 bits per heavy atom. The Kier molecular flexibility index (Phi) is 10.1. The minimum Gasteiger partial charge on any atom is -0.487 e. The number of carbonyl (C=O) groups excluding carboxylic acids is 1. The van der Waals surface area contributed by atoms with Gasteiger partial charge < -0.3 is 19.9 Å². The summed E-state index contributed by atoms with van der Waals surface area (Å²) in [6.07, 6.45) is 1.94. The van der Waals surface area contributed by atoms with Gasteiger partial charge in [-0.2, -0.15) is 0 Å². The molecule has 1 heterocycles. The second kappa shape index (κ2) is 11.5. The van der Waals surface area contributed by atoms with Crippen molar-refractivity contribution in [3.8, 4) is 5.75 Å². The van der Waals surface area contributed by atoms with E-state index < -0.39 is 0 Å². The molecule has 1 unspecified atom stereocenters. The van der Waals surface area contributed by atoms with Gasteiger partial charge in [0, 0.05) is 33.6 Å². The smallest absolute Gasteiger partial charge is 0.243 e. The maximum absolute atomic E-state index is 11.8. The van der Waals surface area contributed by atoms with Gasteiger partial charge in [0.1, 0.15) is 18.4 Å². The van der Waals surface area contributed by atoms with Gasteiger partial charge in [0.15, 0.2) is 5.96 Å². The molecule has 1 aromatic carbocycles. The van der Waals surface area contributed by atoms with Crippen molar-refractivity contribution < 1.29 is 9.53 Å². The van der Waals surface area contributed by atoms with Gasteiger partial charge in [0.2, 0.25) is 5.91 Å². The summed E-state index contributed by atoms with van der Waals surface area (Å²) in [5.74, 6) is 1.46. The minimum atomic E-state index is -0.0149. The Morgan fingerprint density at radius 2 is 2.15 bits per heavy atom. The van der Waals surface area contributed by atoms with E-state index in [0.29, 0.717) is 10.8 Å². The molecule has 1 atom stereocenters. The third kappa shape index (κ3) is 6.83. The van der Waals surface area contributed by atoms with E-state index in [1.165, 1.54) is 0 Å². The maximum atomic E-state index is 11.8. The predicted octanol–water partition coefficient (Wildman–Crippen LogP) is 2.85. The number of nitrogens with one attached hydrogen (secondary N) is 1. The van der Waals surface area contributed by atoms with E-state index in [4.69, 9.17) is 16.3 Å². The third-order valence-electron chi connectivity index (χ3n) is 3.97. The number of carbonyl (C=O) groups is 1. The molecule has 8 heteroatoms. The predicted molar refractivity (Wildman–Crippen MR) is 117 cm³/mol. The average Bonchev–Trinajstić information content (AvgIpc) is 3.05. The summed E-state index contributed by atoms with van der Waals surface area (Å²) in [5, 5.41) is 3.95. The number of guanidine groups is 1. The quantitative estimate of drug-likeness (QED) is 0.375. The van der Waals surface area contributed by atoms with Crippen molar-refractivity contribution in [2.45, 2.75) is 25.9 Å². The molecular formula is C18H28ClIN4O2. The molecule has 1 saturated heterocycles. The zero-order valence-corrected chi connectivity index (χ0v) is 18.7. The second-order valence-corrected chi connectivity index (χ2v) is 6.67. The molecule has 1 aromatic rings. The highest BCUT2D eigenvalue weighted by Gasteiger charge is 2.27. The molecule has 1 amide bonds. The number of nitrogens with zero attached hydrogens (tertiary/aromatic N) is 3. The maximum Gasteiger partial charge on any atom is 0.243 e. The van der Waals surface area contributed by atoms with Crippen molar-refractivity contribution >= 4 is 47.4 Å². The summed E-state index contributed by atoms with van der Waals surface area (Å²) in [5.41, 5.74) is 0. The number of likely N-dealkylation sites (tertiary alicyclic amines) is 1. The molecule has 146 valence electrons. The summed E-state index contributed by atoms with van der Waals surface area (Å²) in [4.78, 5) is 20.0. The fraction of sp³-hybridized carbons (Fsp3) is 0.556. The van der Waals surface area contributed by atoms with E-state index in [0.717, 1.165) is 38.4 Å². The Bertz CT molecular complexity index is 613. The van der Waals surface area contributed by atoms with Gasteiger partial charge in [-0.15, -0.1) is 24.0 Å². The minimum absolute atomic E-state index is 0. The van der Waals surface area contributed by atoms with Crippen LogP contribution in [0.25, 0.3) is 0 Å². The van der Waals surface area contributed by atoms with E-state index >= 15 is 0 Å². The SMILES string of the molecule is CCCNC(=NCC(=O)N(C)C)N1CCC(Oc2ccccc2Cl)C1.I. The van der Waals surface area contributed by atoms with E-state index in [2.05, 4.69) is 22.1 Å². The molecule has 0 bridgehead atoms. The van der Waals surface area contributed by atoms with Gasteiger partial charge in [-0.25, -0.2) is 4.99 Å². The molecule has 0 saturated carbocycles. The highest BCUT2D eigenvalue weighted by Crippen LogP contribution is 2.26. The van der Waals surface area contributed by atoms with Crippen LogP contribution in [-0.4, -0.2) is 68.0 Å². The summed E-state index contributed by atoms with van der Waals surface area (Å²) in [6.45, 7) is 4.62. The molecule has 0 spiro atoms. The number of para-hydroxylation sites is 1. The number of aliphatic imine (C=N–C) groups is 1. The molecule has 1 fully saturated rings. The van der Waals surface area contributed by atoms with Crippen LogP contribution in [0.15, 0.2) is 29.3 Å². The first-order chi connectivity index (χ1) is 12.0. The van der Waals surface area contributed by atoms with Crippen LogP contribution in [-0.2, 0) is 4.79 Å². The summed E-state index contributed by atoms with van der Waals surface area (Å²) < 4.78 is 6.02. The van der Waals surface area contributed by atoms with Crippen molar-refractivity contribution in [3.05, 3.63) is 29.3 Å². The van der Waals surface area contributed by atoms with Gasteiger partial charge in [-0.05, 0) is 18.6 Å². The number of rotatable bonds is 6. The number of ether oxygens (including phenoxy) is 1. The lowest BCUT2D eigenvalue weighted by molar-refractivity contribution is -0.127. The van der Waals surface area contributed by atoms with Crippen LogP contribution in [0.2, 0.25) is 5.02 Å². The van der Waals surface area contributed by atoms with Crippen molar-refractivity contribution in [1.29, 1.82) is 0 Å². The van der Waals surface area contributed by atoms with E-state index in [-0.39, 0.29) is 42.5 Å². The topological polar surface area (TPSA) is 57.2 Å². The monoisotopic (exact) mass is 494 g/mol. The van der Waals surface area contributed by atoms with Gasteiger partial charge in [-0.3, -0.25) is 4.79 Å². The number of hydrogen-bond acceptors (Lipinski definition) is 3. The summed E-state index contributed by atoms with van der Waals surface area (Å²) in [7, 11) is 3.47. The number of amides is 1. The first kappa shape index (κ1) is 22.8. The van der Waals surface area contributed by atoms with Crippen LogP contribution in [0.5, 0.6) is 5.75 Å². The van der Waals surface area contributed by atoms with Crippen molar-refractivity contribution in [1.82, 2.24) is 15.1 Å². The Labute approximate surface area is 177 Å². The number of halogens is 2. The molecule has 26 heavy (non-hydrogen) atoms. The van der Waals surface area contributed by atoms with Crippen molar-refractivity contribution in [2.24, 2.45) is 4.99 Å². The summed E-state index contributed by atoms with van der Waals surface area (Å²) >= 11 is 6.17. The van der Waals surface area contributed by atoms with Gasteiger partial charge >= 0.3 is 0 Å². The van der Waals surface area contributed by atoms with Gasteiger partial charge in [0.05, 0.1) is 11.6 Å². The zero-order valence-electron chi connectivity index (χ0n) is 15.6. The number of hydrogen-bond donors (Lipinski definition) is 1.